The van der Waals surface area contributed by atoms with E-state index in [0.29, 0.717) is 29.9 Å². The minimum absolute atomic E-state index is 0.0998. The highest BCUT2D eigenvalue weighted by atomic mass is 32.2. The lowest BCUT2D eigenvalue weighted by Crippen LogP contribution is -2.31. The number of nitrogens with one attached hydrogen (secondary N) is 2. The van der Waals surface area contributed by atoms with E-state index in [0.717, 1.165) is 11.1 Å². The maximum Gasteiger partial charge on any atom is 0.262 e. The lowest BCUT2D eigenvalue weighted by molar-refractivity contribution is 0.0951. The molecule has 0 heterocycles. The van der Waals surface area contributed by atoms with E-state index < -0.39 is 10.0 Å². The van der Waals surface area contributed by atoms with Gasteiger partial charge in [0.2, 0.25) is 0 Å². The summed E-state index contributed by atoms with van der Waals surface area (Å²) in [6.45, 7) is 6.71. The van der Waals surface area contributed by atoms with Crippen LogP contribution >= 0.6 is 0 Å². The van der Waals surface area contributed by atoms with Gasteiger partial charge < -0.3 is 10.2 Å². The molecule has 27 heavy (non-hydrogen) atoms. The molecule has 0 aromatic heterocycles. The smallest absolute Gasteiger partial charge is 0.262 e. The molecule has 0 spiro atoms. The number of rotatable bonds is 7. The number of carbonyl (C=O) groups is 1. The summed E-state index contributed by atoms with van der Waals surface area (Å²) in [6, 6.07) is 10.2. The molecule has 0 aliphatic heterocycles. The first-order valence-electron chi connectivity index (χ1n) is 8.74. The first-order valence-corrected chi connectivity index (χ1v) is 10.2. The number of benzene rings is 2. The van der Waals surface area contributed by atoms with E-state index in [9.17, 15) is 13.2 Å². The first-order chi connectivity index (χ1) is 12.6. The van der Waals surface area contributed by atoms with Crippen LogP contribution < -0.4 is 10.0 Å². The van der Waals surface area contributed by atoms with Gasteiger partial charge in [-0.05, 0) is 64.2 Å². The average Bonchev–Trinajstić information content (AvgIpc) is 2.57. The SMILES string of the molecule is Cc1ccc(NS(=O)(=O)c2cc(C(=O)NCCN(C)C)ccc2C)c(C)c1. The minimum atomic E-state index is -3.81. The Labute approximate surface area is 161 Å². The summed E-state index contributed by atoms with van der Waals surface area (Å²) in [7, 11) is 0.0287. The number of nitrogens with zero attached hydrogens (tertiary/aromatic N) is 1. The van der Waals surface area contributed by atoms with Crippen LogP contribution in [0, 0.1) is 20.8 Å². The number of carbonyl (C=O) groups excluding carboxylic acids is 1. The Balaban J connectivity index is 2.27. The Bertz CT molecular complexity index is 937. The fourth-order valence-corrected chi connectivity index (χ4v) is 4.06. The van der Waals surface area contributed by atoms with Crippen molar-refractivity contribution in [3.05, 3.63) is 58.7 Å². The lowest BCUT2D eigenvalue weighted by atomic mass is 10.1. The standard InChI is InChI=1S/C20H27N3O3S/c1-14-6-9-18(16(3)12-14)22-27(25,26)19-13-17(8-7-15(19)2)20(24)21-10-11-23(4)5/h6-9,12-13,22H,10-11H2,1-5H3,(H,21,24). The van der Waals surface area contributed by atoms with Crippen molar-refractivity contribution >= 4 is 21.6 Å². The zero-order valence-electron chi connectivity index (χ0n) is 16.5. The second-order valence-corrected chi connectivity index (χ2v) is 8.61. The van der Waals surface area contributed by atoms with Crippen LogP contribution in [0.15, 0.2) is 41.3 Å². The monoisotopic (exact) mass is 389 g/mol. The Kier molecular flexibility index (Phi) is 6.62. The van der Waals surface area contributed by atoms with Crippen molar-refractivity contribution in [1.82, 2.24) is 10.2 Å². The third kappa shape index (κ3) is 5.55. The normalized spacial score (nSPS) is 11.5. The van der Waals surface area contributed by atoms with Crippen LogP contribution in [0.25, 0.3) is 0 Å². The molecule has 0 fully saturated rings. The molecule has 7 heteroatoms. The number of amides is 1. The predicted octanol–water partition coefficient (Wildman–Crippen LogP) is 2.70. The van der Waals surface area contributed by atoms with E-state index in [1.807, 2.05) is 45.0 Å². The highest BCUT2D eigenvalue weighted by Crippen LogP contribution is 2.23. The molecule has 0 saturated carbocycles. The fraction of sp³-hybridized carbons (Fsp3) is 0.350. The number of hydrogen-bond acceptors (Lipinski definition) is 4. The summed E-state index contributed by atoms with van der Waals surface area (Å²) in [4.78, 5) is 14.4. The molecule has 146 valence electrons. The molecule has 1 amide bonds. The van der Waals surface area contributed by atoms with E-state index in [-0.39, 0.29) is 10.8 Å². The third-order valence-electron chi connectivity index (χ3n) is 4.21. The molecule has 0 radical (unpaired) electrons. The van der Waals surface area contributed by atoms with Crippen LogP contribution in [0.5, 0.6) is 0 Å². The van der Waals surface area contributed by atoms with Crippen molar-refractivity contribution in [2.45, 2.75) is 25.7 Å². The van der Waals surface area contributed by atoms with Gasteiger partial charge >= 0.3 is 0 Å². The summed E-state index contributed by atoms with van der Waals surface area (Å²) < 4.78 is 28.4. The van der Waals surface area contributed by atoms with Crippen LogP contribution in [0.1, 0.15) is 27.0 Å². The van der Waals surface area contributed by atoms with Gasteiger partial charge in [-0.15, -0.1) is 0 Å². The van der Waals surface area contributed by atoms with Gasteiger partial charge in [0.05, 0.1) is 10.6 Å². The molecule has 0 unspecified atom stereocenters. The molecule has 0 aliphatic rings. The van der Waals surface area contributed by atoms with Gasteiger partial charge in [-0.3, -0.25) is 9.52 Å². The highest BCUT2D eigenvalue weighted by molar-refractivity contribution is 7.92. The van der Waals surface area contributed by atoms with Gasteiger partial charge in [0, 0.05) is 18.7 Å². The number of sulfonamides is 1. The van der Waals surface area contributed by atoms with E-state index in [1.54, 1.807) is 25.1 Å². The van der Waals surface area contributed by atoms with E-state index in [1.165, 1.54) is 6.07 Å². The van der Waals surface area contributed by atoms with Gasteiger partial charge in [-0.2, -0.15) is 0 Å². The van der Waals surface area contributed by atoms with Gasteiger partial charge in [0.25, 0.3) is 15.9 Å². The Morgan fingerprint density at radius 2 is 1.70 bits per heavy atom. The molecular weight excluding hydrogens is 362 g/mol. The van der Waals surface area contributed by atoms with Gasteiger partial charge in [0.1, 0.15) is 0 Å². The summed E-state index contributed by atoms with van der Waals surface area (Å²) in [6.07, 6.45) is 0. The van der Waals surface area contributed by atoms with Crippen LogP contribution in [-0.4, -0.2) is 46.4 Å². The summed E-state index contributed by atoms with van der Waals surface area (Å²) in [5.41, 5.74) is 3.33. The Morgan fingerprint density at radius 3 is 2.33 bits per heavy atom. The molecule has 0 atom stereocenters. The summed E-state index contributed by atoms with van der Waals surface area (Å²) >= 11 is 0. The van der Waals surface area contributed by atoms with Crippen molar-refractivity contribution < 1.29 is 13.2 Å². The van der Waals surface area contributed by atoms with Crippen LogP contribution in [-0.2, 0) is 10.0 Å². The van der Waals surface area contributed by atoms with Gasteiger partial charge in [-0.25, -0.2) is 8.42 Å². The van der Waals surface area contributed by atoms with Crippen molar-refractivity contribution in [1.29, 1.82) is 0 Å². The molecule has 2 aromatic rings. The first kappa shape index (κ1) is 20.9. The third-order valence-corrected chi connectivity index (χ3v) is 5.72. The van der Waals surface area contributed by atoms with Crippen molar-refractivity contribution in [3.63, 3.8) is 0 Å². The topological polar surface area (TPSA) is 78.5 Å². The minimum Gasteiger partial charge on any atom is -0.351 e. The van der Waals surface area contributed by atoms with Crippen molar-refractivity contribution in [2.24, 2.45) is 0 Å². The van der Waals surface area contributed by atoms with E-state index in [2.05, 4.69) is 10.0 Å². The zero-order valence-corrected chi connectivity index (χ0v) is 17.3. The van der Waals surface area contributed by atoms with Gasteiger partial charge in [0.15, 0.2) is 0 Å². The van der Waals surface area contributed by atoms with Crippen molar-refractivity contribution in [2.75, 3.05) is 31.9 Å². The number of hydrogen-bond donors (Lipinski definition) is 2. The zero-order chi connectivity index (χ0) is 20.2. The number of aryl methyl sites for hydroxylation is 3. The average molecular weight is 390 g/mol. The Morgan fingerprint density at radius 1 is 1.00 bits per heavy atom. The molecule has 0 bridgehead atoms. The quantitative estimate of drug-likeness (QED) is 0.763. The fourth-order valence-electron chi connectivity index (χ4n) is 2.65. The largest absolute Gasteiger partial charge is 0.351 e. The highest BCUT2D eigenvalue weighted by Gasteiger charge is 2.20. The summed E-state index contributed by atoms with van der Waals surface area (Å²) in [5.74, 6) is -0.292. The predicted molar refractivity (Wildman–Crippen MR) is 109 cm³/mol. The molecule has 2 aromatic carbocycles. The number of likely N-dealkylation sites (N-methyl/N-ethyl adjacent to an activating group) is 1. The maximum absolute atomic E-state index is 12.9. The second-order valence-electron chi connectivity index (χ2n) is 6.96. The molecule has 6 nitrogen and oxygen atoms in total. The van der Waals surface area contributed by atoms with Crippen LogP contribution in [0.4, 0.5) is 5.69 Å². The van der Waals surface area contributed by atoms with Crippen molar-refractivity contribution in [3.8, 4) is 0 Å². The number of anilines is 1. The second kappa shape index (κ2) is 8.54. The molecule has 0 aliphatic carbocycles. The maximum atomic E-state index is 12.9. The Hall–Kier alpha value is -2.38. The van der Waals surface area contributed by atoms with E-state index >= 15 is 0 Å². The summed E-state index contributed by atoms with van der Waals surface area (Å²) in [5, 5.41) is 2.80. The van der Waals surface area contributed by atoms with Crippen LogP contribution in [0.3, 0.4) is 0 Å². The molecule has 2 N–H and O–H groups in total. The van der Waals surface area contributed by atoms with E-state index in [4.69, 9.17) is 0 Å². The van der Waals surface area contributed by atoms with Gasteiger partial charge in [-0.1, -0.05) is 23.8 Å². The molecule has 0 saturated heterocycles. The van der Waals surface area contributed by atoms with Crippen LogP contribution in [0.2, 0.25) is 0 Å². The molecular formula is C20H27N3O3S. The lowest BCUT2D eigenvalue weighted by Gasteiger charge is -2.14. The molecule has 2 rings (SSSR count).